The zero-order valence-electron chi connectivity index (χ0n) is 12.7. The number of imidazole rings is 1. The van der Waals surface area contributed by atoms with Gasteiger partial charge in [-0.2, -0.15) is 0 Å². The molecule has 2 aromatic carbocycles. The van der Waals surface area contributed by atoms with Gasteiger partial charge in [0.1, 0.15) is 5.75 Å². The lowest BCUT2D eigenvalue weighted by molar-refractivity contribution is 0.310. The first kappa shape index (κ1) is 14.4. The van der Waals surface area contributed by atoms with E-state index in [1.54, 1.807) is 7.11 Å². The van der Waals surface area contributed by atoms with Gasteiger partial charge in [-0.25, -0.2) is 4.79 Å². The number of aromatic nitrogens is 2. The summed E-state index contributed by atoms with van der Waals surface area (Å²) in [5, 5.41) is 0. The molecule has 114 valence electrons. The summed E-state index contributed by atoms with van der Waals surface area (Å²) in [5.74, 6) is 0.903. The van der Waals surface area contributed by atoms with Crippen molar-refractivity contribution in [2.24, 2.45) is 0 Å². The molecule has 5 nitrogen and oxygen atoms in total. The third-order valence-corrected chi connectivity index (χ3v) is 3.67. The fourth-order valence-electron chi connectivity index (χ4n) is 2.67. The van der Waals surface area contributed by atoms with Crippen LogP contribution in [-0.2, 0) is 13.1 Å². The van der Waals surface area contributed by atoms with E-state index in [0.717, 1.165) is 41.0 Å². The van der Waals surface area contributed by atoms with Gasteiger partial charge in [-0.05, 0) is 30.8 Å². The smallest absolute Gasteiger partial charge is 0.323 e. The fourth-order valence-corrected chi connectivity index (χ4v) is 2.67. The molecular weight excluding hydrogens is 278 g/mol. The first-order valence-corrected chi connectivity index (χ1v) is 7.17. The molecule has 0 unspecified atom stereocenters. The van der Waals surface area contributed by atoms with E-state index >= 15 is 0 Å². The van der Waals surface area contributed by atoms with Gasteiger partial charge < -0.3 is 14.7 Å². The normalized spacial score (nSPS) is 11.2. The molecule has 1 heterocycles. The van der Waals surface area contributed by atoms with E-state index in [0.29, 0.717) is 0 Å². The molecular formula is C17H19N3O2. The molecule has 0 amide bonds. The lowest BCUT2D eigenvalue weighted by Gasteiger charge is -2.18. The number of aromatic amines is 2. The topological polar surface area (TPSA) is 61.1 Å². The number of H-pyrrole nitrogens is 2. The Labute approximate surface area is 128 Å². The van der Waals surface area contributed by atoms with E-state index in [-0.39, 0.29) is 5.69 Å². The number of hydrogen-bond acceptors (Lipinski definition) is 3. The molecule has 0 aliphatic heterocycles. The molecule has 0 aliphatic carbocycles. The molecule has 0 atom stereocenters. The summed E-state index contributed by atoms with van der Waals surface area (Å²) in [5.41, 5.74) is 3.81. The summed E-state index contributed by atoms with van der Waals surface area (Å²) in [4.78, 5) is 19.1. The van der Waals surface area contributed by atoms with E-state index in [4.69, 9.17) is 4.74 Å². The standard InChI is InChI=1S/C17H19N3O2/c1-20(11-13-5-3-4-6-16(13)22-2)10-12-7-8-14-15(9-12)19-17(21)18-14/h3-9H,10-11H2,1-2H3,(H2,18,19,21). The highest BCUT2D eigenvalue weighted by Crippen LogP contribution is 2.20. The summed E-state index contributed by atoms with van der Waals surface area (Å²) in [7, 11) is 3.76. The van der Waals surface area contributed by atoms with Crippen molar-refractivity contribution in [2.45, 2.75) is 13.1 Å². The second-order valence-electron chi connectivity index (χ2n) is 5.44. The van der Waals surface area contributed by atoms with Gasteiger partial charge in [-0.15, -0.1) is 0 Å². The number of methoxy groups -OCH3 is 1. The molecule has 3 aromatic rings. The van der Waals surface area contributed by atoms with Crippen LogP contribution in [0.4, 0.5) is 0 Å². The van der Waals surface area contributed by atoms with Crippen molar-refractivity contribution in [1.29, 1.82) is 0 Å². The van der Waals surface area contributed by atoms with Crippen molar-refractivity contribution >= 4 is 11.0 Å². The van der Waals surface area contributed by atoms with Crippen LogP contribution in [0.2, 0.25) is 0 Å². The Morgan fingerprint density at radius 2 is 1.82 bits per heavy atom. The van der Waals surface area contributed by atoms with Crippen molar-refractivity contribution in [3.8, 4) is 5.75 Å². The Morgan fingerprint density at radius 3 is 2.64 bits per heavy atom. The highest BCUT2D eigenvalue weighted by atomic mass is 16.5. The van der Waals surface area contributed by atoms with Gasteiger partial charge in [0.15, 0.2) is 0 Å². The second kappa shape index (κ2) is 6.07. The van der Waals surface area contributed by atoms with Gasteiger partial charge >= 0.3 is 5.69 Å². The van der Waals surface area contributed by atoms with E-state index in [1.165, 1.54) is 0 Å². The minimum absolute atomic E-state index is 0.172. The van der Waals surface area contributed by atoms with Gasteiger partial charge in [0.05, 0.1) is 18.1 Å². The molecule has 2 N–H and O–H groups in total. The molecule has 22 heavy (non-hydrogen) atoms. The van der Waals surface area contributed by atoms with Crippen LogP contribution in [0.15, 0.2) is 47.3 Å². The quantitative estimate of drug-likeness (QED) is 0.760. The molecule has 0 saturated carbocycles. The zero-order valence-corrected chi connectivity index (χ0v) is 12.7. The van der Waals surface area contributed by atoms with Crippen molar-refractivity contribution in [2.75, 3.05) is 14.2 Å². The minimum Gasteiger partial charge on any atom is -0.496 e. The molecule has 0 saturated heterocycles. The molecule has 0 bridgehead atoms. The minimum atomic E-state index is -0.172. The van der Waals surface area contributed by atoms with Crippen LogP contribution in [0.3, 0.4) is 0 Å². The van der Waals surface area contributed by atoms with Crippen LogP contribution in [0.5, 0.6) is 5.75 Å². The predicted molar refractivity (Wildman–Crippen MR) is 87.1 cm³/mol. The van der Waals surface area contributed by atoms with Crippen LogP contribution in [-0.4, -0.2) is 29.0 Å². The Kier molecular flexibility index (Phi) is 3.98. The zero-order chi connectivity index (χ0) is 15.5. The molecule has 3 rings (SSSR count). The van der Waals surface area contributed by atoms with Gasteiger partial charge in [-0.1, -0.05) is 24.3 Å². The Hall–Kier alpha value is -2.53. The predicted octanol–water partition coefficient (Wildman–Crippen LogP) is 2.50. The molecule has 5 heteroatoms. The summed E-state index contributed by atoms with van der Waals surface area (Å²) < 4.78 is 5.39. The van der Waals surface area contributed by atoms with E-state index in [2.05, 4.69) is 28.0 Å². The van der Waals surface area contributed by atoms with E-state index < -0.39 is 0 Å². The Bertz CT molecular complexity index is 835. The lowest BCUT2D eigenvalue weighted by atomic mass is 10.1. The number of hydrogen-bond donors (Lipinski definition) is 2. The second-order valence-corrected chi connectivity index (χ2v) is 5.44. The number of benzene rings is 2. The highest BCUT2D eigenvalue weighted by molar-refractivity contribution is 5.74. The number of rotatable bonds is 5. The lowest BCUT2D eigenvalue weighted by Crippen LogP contribution is -2.17. The maximum atomic E-state index is 11.3. The van der Waals surface area contributed by atoms with Gasteiger partial charge in [-0.3, -0.25) is 4.90 Å². The Morgan fingerprint density at radius 1 is 1.05 bits per heavy atom. The fraction of sp³-hybridized carbons (Fsp3) is 0.235. The number of para-hydroxylation sites is 1. The maximum absolute atomic E-state index is 11.3. The average Bonchev–Trinajstić information content (AvgIpc) is 2.87. The number of fused-ring (bicyclic) bond motifs is 1. The number of nitrogens with one attached hydrogen (secondary N) is 2. The average molecular weight is 297 g/mol. The molecule has 0 aliphatic rings. The van der Waals surface area contributed by atoms with E-state index in [9.17, 15) is 4.79 Å². The monoisotopic (exact) mass is 297 g/mol. The summed E-state index contributed by atoms with van der Waals surface area (Å²) in [6, 6.07) is 14.0. The van der Waals surface area contributed by atoms with Crippen LogP contribution in [0, 0.1) is 0 Å². The SMILES string of the molecule is COc1ccccc1CN(C)Cc1ccc2[nH]c(=O)[nH]c2c1. The van der Waals surface area contributed by atoms with Crippen molar-refractivity contribution in [3.05, 3.63) is 64.1 Å². The highest BCUT2D eigenvalue weighted by Gasteiger charge is 2.07. The van der Waals surface area contributed by atoms with Crippen molar-refractivity contribution < 1.29 is 4.74 Å². The summed E-state index contributed by atoms with van der Waals surface area (Å²) in [6.45, 7) is 1.59. The van der Waals surface area contributed by atoms with E-state index in [1.807, 2.05) is 36.4 Å². The van der Waals surface area contributed by atoms with Crippen LogP contribution in [0.25, 0.3) is 11.0 Å². The molecule has 0 fully saturated rings. The largest absolute Gasteiger partial charge is 0.496 e. The third-order valence-electron chi connectivity index (χ3n) is 3.67. The van der Waals surface area contributed by atoms with Gasteiger partial charge in [0.25, 0.3) is 0 Å². The van der Waals surface area contributed by atoms with Gasteiger partial charge in [0.2, 0.25) is 0 Å². The van der Waals surface area contributed by atoms with Crippen LogP contribution in [0.1, 0.15) is 11.1 Å². The number of ether oxygens (including phenoxy) is 1. The molecule has 1 aromatic heterocycles. The van der Waals surface area contributed by atoms with Crippen LogP contribution < -0.4 is 10.4 Å². The third kappa shape index (κ3) is 3.04. The summed E-state index contributed by atoms with van der Waals surface area (Å²) in [6.07, 6.45) is 0. The van der Waals surface area contributed by atoms with Crippen LogP contribution >= 0.6 is 0 Å². The molecule has 0 radical (unpaired) electrons. The Balaban J connectivity index is 1.74. The summed E-state index contributed by atoms with van der Waals surface area (Å²) >= 11 is 0. The van der Waals surface area contributed by atoms with Gasteiger partial charge in [0, 0.05) is 18.7 Å². The first-order chi connectivity index (χ1) is 10.7. The maximum Gasteiger partial charge on any atom is 0.323 e. The first-order valence-electron chi connectivity index (χ1n) is 7.17. The number of nitrogens with zero attached hydrogens (tertiary/aromatic N) is 1. The molecule has 0 spiro atoms. The van der Waals surface area contributed by atoms with Crippen molar-refractivity contribution in [1.82, 2.24) is 14.9 Å². The van der Waals surface area contributed by atoms with Crippen molar-refractivity contribution in [3.63, 3.8) is 0 Å².